The summed E-state index contributed by atoms with van der Waals surface area (Å²) in [4.78, 5) is 14.6. The van der Waals surface area contributed by atoms with E-state index < -0.39 is 0 Å². The van der Waals surface area contributed by atoms with E-state index in [1.54, 1.807) is 19.1 Å². The summed E-state index contributed by atoms with van der Waals surface area (Å²) in [7, 11) is 0. The van der Waals surface area contributed by atoms with E-state index in [1.807, 2.05) is 0 Å². The van der Waals surface area contributed by atoms with Crippen LogP contribution in [0.3, 0.4) is 0 Å². The molecule has 0 fully saturated rings. The highest BCUT2D eigenvalue weighted by atomic mass is 35.5. The highest BCUT2D eigenvalue weighted by Crippen LogP contribution is 2.24. The predicted molar refractivity (Wildman–Crippen MR) is 52.3 cm³/mol. The van der Waals surface area contributed by atoms with Crippen LogP contribution in [0.2, 0.25) is 5.02 Å². The van der Waals surface area contributed by atoms with E-state index in [9.17, 15) is 4.79 Å². The van der Waals surface area contributed by atoms with E-state index in [2.05, 4.69) is 4.85 Å². The molecule has 13 heavy (non-hydrogen) atoms. The van der Waals surface area contributed by atoms with Crippen LogP contribution in [-0.4, -0.2) is 5.78 Å². The minimum Gasteiger partial charge on any atom is -0.296 e. The number of hydrogen-bond acceptors (Lipinski definition) is 1. The summed E-state index contributed by atoms with van der Waals surface area (Å²) in [6.45, 7) is 8.63. The SMILES string of the molecule is [C-]#[N+]c1cc(Cl)ccc1C(=O)CC. The molecule has 66 valence electrons. The van der Waals surface area contributed by atoms with Crippen LogP contribution in [0.25, 0.3) is 4.85 Å². The molecule has 0 saturated heterocycles. The minimum absolute atomic E-state index is 0.0253. The molecule has 0 aliphatic heterocycles. The number of rotatable bonds is 2. The average molecular weight is 194 g/mol. The number of hydrogen-bond donors (Lipinski definition) is 0. The van der Waals surface area contributed by atoms with Gasteiger partial charge in [0.15, 0.2) is 11.5 Å². The third-order valence-corrected chi connectivity index (χ3v) is 1.94. The lowest BCUT2D eigenvalue weighted by atomic mass is 10.1. The molecule has 1 aromatic rings. The maximum Gasteiger partial charge on any atom is 0.199 e. The third-order valence-electron chi connectivity index (χ3n) is 1.70. The van der Waals surface area contributed by atoms with Gasteiger partial charge in [0.1, 0.15) is 0 Å². The first-order valence-corrected chi connectivity index (χ1v) is 4.27. The Kier molecular flexibility index (Phi) is 3.05. The molecule has 3 heteroatoms. The first-order chi connectivity index (χ1) is 6.19. The smallest absolute Gasteiger partial charge is 0.199 e. The monoisotopic (exact) mass is 193 g/mol. The first kappa shape index (κ1) is 9.76. The fourth-order valence-electron chi connectivity index (χ4n) is 1.02. The summed E-state index contributed by atoms with van der Waals surface area (Å²) in [5.41, 5.74) is 0.793. The second kappa shape index (κ2) is 4.06. The molecule has 0 bridgehead atoms. The van der Waals surface area contributed by atoms with Crippen LogP contribution in [0, 0.1) is 6.57 Å². The Hall–Kier alpha value is -1.33. The summed E-state index contributed by atoms with van der Waals surface area (Å²) in [5, 5.41) is 0.485. The quantitative estimate of drug-likeness (QED) is 0.521. The van der Waals surface area contributed by atoms with Crippen molar-refractivity contribution in [3.05, 3.63) is 40.2 Å². The molecule has 1 rings (SSSR count). The predicted octanol–water partition coefficient (Wildman–Crippen LogP) is 3.48. The normalized spacial score (nSPS) is 9.31. The molecule has 0 N–H and O–H groups in total. The van der Waals surface area contributed by atoms with Crippen LogP contribution in [0.15, 0.2) is 18.2 Å². The number of Topliss-reactive ketones (excluding diaryl/α,β-unsaturated/α-hetero) is 1. The highest BCUT2D eigenvalue weighted by molar-refractivity contribution is 6.31. The largest absolute Gasteiger partial charge is 0.296 e. The van der Waals surface area contributed by atoms with Gasteiger partial charge in [-0.05, 0) is 12.1 Å². The van der Waals surface area contributed by atoms with Crippen LogP contribution in [-0.2, 0) is 0 Å². The molecule has 0 heterocycles. The Morgan fingerprint density at radius 1 is 1.62 bits per heavy atom. The fraction of sp³-hybridized carbons (Fsp3) is 0.200. The van der Waals surface area contributed by atoms with Gasteiger partial charge in [0.25, 0.3) is 0 Å². The van der Waals surface area contributed by atoms with Crippen LogP contribution in [0.5, 0.6) is 0 Å². The first-order valence-electron chi connectivity index (χ1n) is 3.89. The van der Waals surface area contributed by atoms with Crippen molar-refractivity contribution in [2.24, 2.45) is 0 Å². The van der Waals surface area contributed by atoms with Crippen LogP contribution in [0.4, 0.5) is 5.69 Å². The second-order valence-corrected chi connectivity index (χ2v) is 2.99. The van der Waals surface area contributed by atoms with E-state index in [1.165, 1.54) is 6.07 Å². The van der Waals surface area contributed by atoms with Gasteiger partial charge in [0.05, 0.1) is 6.57 Å². The molecule has 0 aliphatic rings. The summed E-state index contributed by atoms with van der Waals surface area (Å²) < 4.78 is 0. The van der Waals surface area contributed by atoms with Crippen molar-refractivity contribution in [2.75, 3.05) is 0 Å². The molecule has 0 atom stereocenters. The van der Waals surface area contributed by atoms with Crippen molar-refractivity contribution in [1.29, 1.82) is 0 Å². The highest BCUT2D eigenvalue weighted by Gasteiger charge is 2.09. The zero-order valence-electron chi connectivity index (χ0n) is 7.17. The van der Waals surface area contributed by atoms with Gasteiger partial charge in [-0.2, -0.15) is 0 Å². The molecule has 0 unspecified atom stereocenters. The Morgan fingerprint density at radius 3 is 2.85 bits per heavy atom. The van der Waals surface area contributed by atoms with Crippen LogP contribution < -0.4 is 0 Å². The van der Waals surface area contributed by atoms with E-state index in [-0.39, 0.29) is 5.78 Å². The number of benzene rings is 1. The number of carbonyl (C=O) groups is 1. The lowest BCUT2D eigenvalue weighted by Crippen LogP contribution is -1.95. The van der Waals surface area contributed by atoms with Gasteiger partial charge < -0.3 is 0 Å². The molecule has 0 amide bonds. The van der Waals surface area contributed by atoms with Crippen molar-refractivity contribution < 1.29 is 4.79 Å². The third kappa shape index (κ3) is 2.07. The number of carbonyl (C=O) groups excluding carboxylic acids is 1. The van der Waals surface area contributed by atoms with Gasteiger partial charge in [-0.25, -0.2) is 4.85 Å². The van der Waals surface area contributed by atoms with E-state index in [0.29, 0.717) is 22.7 Å². The Balaban J connectivity index is 3.23. The van der Waals surface area contributed by atoms with E-state index in [0.717, 1.165) is 0 Å². The van der Waals surface area contributed by atoms with Gasteiger partial charge in [-0.3, -0.25) is 4.79 Å². The lowest BCUT2D eigenvalue weighted by molar-refractivity contribution is 0.0989. The molecule has 0 saturated carbocycles. The second-order valence-electron chi connectivity index (χ2n) is 2.55. The van der Waals surface area contributed by atoms with Crippen molar-refractivity contribution in [1.82, 2.24) is 0 Å². The van der Waals surface area contributed by atoms with Crippen molar-refractivity contribution in [3.63, 3.8) is 0 Å². The van der Waals surface area contributed by atoms with Gasteiger partial charge in [-0.1, -0.05) is 24.6 Å². The molecular weight excluding hydrogens is 186 g/mol. The standard InChI is InChI=1S/C10H8ClNO/c1-3-10(13)8-5-4-7(11)6-9(8)12-2/h4-6H,3H2,1H3. The van der Waals surface area contributed by atoms with Gasteiger partial charge in [-0.15, -0.1) is 0 Å². The Labute approximate surface area is 82.0 Å². The van der Waals surface area contributed by atoms with Gasteiger partial charge in [0, 0.05) is 17.0 Å². The molecule has 2 nitrogen and oxygen atoms in total. The zero-order valence-corrected chi connectivity index (χ0v) is 7.93. The van der Waals surface area contributed by atoms with Crippen molar-refractivity contribution >= 4 is 23.1 Å². The molecular formula is C10H8ClNO. The Bertz CT molecular complexity index is 379. The maximum absolute atomic E-state index is 11.3. The Morgan fingerprint density at radius 2 is 2.31 bits per heavy atom. The lowest BCUT2D eigenvalue weighted by Gasteiger charge is -2.00. The molecule has 1 aromatic carbocycles. The molecule has 0 aromatic heterocycles. The average Bonchev–Trinajstić information content (AvgIpc) is 2.16. The summed E-state index contributed by atoms with van der Waals surface area (Å²) in [5.74, 6) is -0.0253. The number of halogens is 1. The number of nitrogens with zero attached hydrogens (tertiary/aromatic N) is 1. The molecule has 0 aliphatic carbocycles. The van der Waals surface area contributed by atoms with E-state index >= 15 is 0 Å². The van der Waals surface area contributed by atoms with Gasteiger partial charge in [0.2, 0.25) is 0 Å². The molecule has 0 spiro atoms. The number of ketones is 1. The van der Waals surface area contributed by atoms with Crippen LogP contribution in [0.1, 0.15) is 23.7 Å². The summed E-state index contributed by atoms with van der Waals surface area (Å²) >= 11 is 5.69. The zero-order chi connectivity index (χ0) is 9.84. The minimum atomic E-state index is -0.0253. The topological polar surface area (TPSA) is 21.4 Å². The van der Waals surface area contributed by atoms with Gasteiger partial charge >= 0.3 is 0 Å². The van der Waals surface area contributed by atoms with Crippen LogP contribution >= 0.6 is 11.6 Å². The summed E-state index contributed by atoms with van der Waals surface area (Å²) in [6.07, 6.45) is 0.407. The van der Waals surface area contributed by atoms with E-state index in [4.69, 9.17) is 18.2 Å². The fourth-order valence-corrected chi connectivity index (χ4v) is 1.19. The van der Waals surface area contributed by atoms with Crippen molar-refractivity contribution in [2.45, 2.75) is 13.3 Å². The molecule has 0 radical (unpaired) electrons. The summed E-state index contributed by atoms with van der Waals surface area (Å²) in [6, 6.07) is 4.73. The van der Waals surface area contributed by atoms with Crippen molar-refractivity contribution in [3.8, 4) is 0 Å². The maximum atomic E-state index is 11.3.